The molecule has 0 radical (unpaired) electrons. The highest BCUT2D eigenvalue weighted by atomic mass is 16.6. The zero-order chi connectivity index (χ0) is 29.6. The number of aromatic nitrogens is 5. The van der Waals surface area contributed by atoms with Crippen molar-refractivity contribution < 1.29 is 19.1 Å². The average molecular weight is 570 g/mol. The number of fused-ring (bicyclic) bond motifs is 3. The Morgan fingerprint density at radius 1 is 1.12 bits per heavy atom. The summed E-state index contributed by atoms with van der Waals surface area (Å²) in [5.41, 5.74) is 3.97. The topological polar surface area (TPSA) is 124 Å². The number of nitrogens with zero attached hydrogens (tertiary/aromatic N) is 6. The fourth-order valence-corrected chi connectivity index (χ4v) is 5.17. The number of hydrogen-bond donors (Lipinski definition) is 1. The van der Waals surface area contributed by atoms with Crippen LogP contribution >= 0.6 is 0 Å². The maximum absolute atomic E-state index is 13.9. The van der Waals surface area contributed by atoms with Crippen LogP contribution in [0.15, 0.2) is 36.7 Å². The summed E-state index contributed by atoms with van der Waals surface area (Å²) in [6, 6.07) is 7.85. The van der Waals surface area contributed by atoms with Crippen molar-refractivity contribution >= 4 is 34.5 Å². The lowest BCUT2D eigenvalue weighted by atomic mass is 10.0. The summed E-state index contributed by atoms with van der Waals surface area (Å²) in [6.45, 7) is 11.0. The van der Waals surface area contributed by atoms with Crippen LogP contribution in [0.25, 0.3) is 10.9 Å². The molecule has 1 saturated carbocycles. The maximum Gasteiger partial charge on any atom is 0.413 e. The van der Waals surface area contributed by atoms with E-state index in [1.165, 1.54) is 0 Å². The molecule has 0 unspecified atom stereocenters. The van der Waals surface area contributed by atoms with Gasteiger partial charge in [0.05, 0.1) is 36.5 Å². The quantitative estimate of drug-likeness (QED) is 0.303. The largest absolute Gasteiger partial charge is 0.444 e. The van der Waals surface area contributed by atoms with Crippen LogP contribution < -0.4 is 10.2 Å². The number of pyridine rings is 1. The van der Waals surface area contributed by atoms with Crippen LogP contribution in [-0.4, -0.2) is 42.3 Å². The summed E-state index contributed by atoms with van der Waals surface area (Å²) in [7, 11) is 0. The Balaban J connectivity index is 1.35. The van der Waals surface area contributed by atoms with Gasteiger partial charge in [-0.15, -0.1) is 0 Å². The summed E-state index contributed by atoms with van der Waals surface area (Å²) in [4.78, 5) is 42.0. The molecule has 2 amide bonds. The summed E-state index contributed by atoms with van der Waals surface area (Å²) in [5, 5.41) is 8.33. The van der Waals surface area contributed by atoms with E-state index >= 15 is 0 Å². The van der Waals surface area contributed by atoms with E-state index in [-0.39, 0.29) is 12.5 Å². The second-order valence-corrected chi connectivity index (χ2v) is 11.8. The van der Waals surface area contributed by atoms with Gasteiger partial charge in [-0.25, -0.2) is 24.4 Å². The number of aryl methyl sites for hydroxylation is 2. The predicted molar refractivity (Wildman–Crippen MR) is 157 cm³/mol. The molecule has 4 heterocycles. The fraction of sp³-hybridized carbons (Fsp3) is 0.419. The van der Waals surface area contributed by atoms with Crippen molar-refractivity contribution in [3.05, 3.63) is 70.4 Å². The molecule has 0 spiro atoms. The van der Waals surface area contributed by atoms with Gasteiger partial charge in [0.2, 0.25) is 0 Å². The molecule has 6 rings (SSSR count). The van der Waals surface area contributed by atoms with Crippen LogP contribution in [0.1, 0.15) is 85.0 Å². The lowest BCUT2D eigenvalue weighted by Gasteiger charge is -2.24. The third-order valence-corrected chi connectivity index (χ3v) is 7.29. The number of benzene rings is 1. The molecule has 1 fully saturated rings. The zero-order valence-electron chi connectivity index (χ0n) is 24.6. The number of anilines is 2. The normalized spacial score (nSPS) is 14.6. The first-order valence-electron chi connectivity index (χ1n) is 14.3. The fourth-order valence-electron chi connectivity index (χ4n) is 5.17. The molecule has 0 bridgehead atoms. The van der Waals surface area contributed by atoms with Gasteiger partial charge in [-0.1, -0.05) is 12.1 Å². The summed E-state index contributed by atoms with van der Waals surface area (Å²) >= 11 is 0. The Morgan fingerprint density at radius 3 is 2.55 bits per heavy atom. The van der Waals surface area contributed by atoms with Crippen molar-refractivity contribution in [3.63, 3.8) is 0 Å². The van der Waals surface area contributed by atoms with E-state index in [1.807, 2.05) is 63.6 Å². The maximum atomic E-state index is 13.9. The van der Waals surface area contributed by atoms with Gasteiger partial charge in [0.1, 0.15) is 23.1 Å². The molecule has 11 heteroatoms. The summed E-state index contributed by atoms with van der Waals surface area (Å²) < 4.78 is 13.0. The Bertz CT molecular complexity index is 1670. The minimum Gasteiger partial charge on any atom is -0.444 e. The van der Waals surface area contributed by atoms with E-state index in [0.717, 1.165) is 46.4 Å². The number of ether oxygens (including phenoxy) is 2. The highest BCUT2D eigenvalue weighted by molar-refractivity contribution is 6.05. The van der Waals surface area contributed by atoms with E-state index in [4.69, 9.17) is 14.5 Å². The molecule has 2 aliphatic rings. The third-order valence-electron chi connectivity index (χ3n) is 7.29. The van der Waals surface area contributed by atoms with Crippen LogP contribution in [0.5, 0.6) is 0 Å². The number of carbonyl (C=O) groups excluding carboxylic acids is 2. The first-order valence-corrected chi connectivity index (χ1v) is 14.3. The lowest BCUT2D eigenvalue weighted by Crippen LogP contribution is -2.32. The number of amides is 2. The van der Waals surface area contributed by atoms with Gasteiger partial charge in [0.15, 0.2) is 0 Å². The molecule has 3 aromatic heterocycles. The molecule has 0 saturated heterocycles. The van der Waals surface area contributed by atoms with Crippen LogP contribution in [0.4, 0.5) is 16.4 Å². The standard InChI is InChI=1S/C31H35N7O4/c1-6-38-26(11-18(2)36-38)37(29(39)21-13-32-27(33-14-21)20-8-9-20)15-19-7-10-22-23-16-41-17-24(23)28(34-25(22)12-19)35-30(40)42-31(3,4)5/h7,10-14,20H,6,8-9,15-17H2,1-5H3,(H,34,35,40). The van der Waals surface area contributed by atoms with Gasteiger partial charge in [0, 0.05) is 41.9 Å². The van der Waals surface area contributed by atoms with E-state index in [2.05, 4.69) is 20.4 Å². The van der Waals surface area contributed by atoms with E-state index in [9.17, 15) is 9.59 Å². The van der Waals surface area contributed by atoms with E-state index in [1.54, 1.807) is 17.3 Å². The highest BCUT2D eigenvalue weighted by Gasteiger charge is 2.28. The summed E-state index contributed by atoms with van der Waals surface area (Å²) in [5.74, 6) is 2.09. The first kappa shape index (κ1) is 27.8. The SMILES string of the molecule is CCn1nc(C)cc1N(Cc1ccc2c3c(c(NC(=O)OC(C)(C)C)nc2c1)COC3)C(=O)c1cnc(C2CC2)nc1. The Hall–Kier alpha value is -4.38. The van der Waals surface area contributed by atoms with E-state index < -0.39 is 11.7 Å². The van der Waals surface area contributed by atoms with Gasteiger partial charge >= 0.3 is 6.09 Å². The molecule has 11 nitrogen and oxygen atoms in total. The smallest absolute Gasteiger partial charge is 0.413 e. The molecule has 1 N–H and O–H groups in total. The molecule has 218 valence electrons. The van der Waals surface area contributed by atoms with E-state index in [0.29, 0.717) is 48.4 Å². The van der Waals surface area contributed by atoms with Crippen molar-refractivity contribution in [2.24, 2.45) is 0 Å². The molecule has 1 aliphatic carbocycles. The zero-order valence-corrected chi connectivity index (χ0v) is 24.6. The van der Waals surface area contributed by atoms with Crippen LogP contribution in [0.3, 0.4) is 0 Å². The van der Waals surface area contributed by atoms with Crippen molar-refractivity contribution in [2.75, 3.05) is 10.2 Å². The molecule has 4 aromatic rings. The minimum absolute atomic E-state index is 0.213. The number of nitrogens with one attached hydrogen (secondary N) is 1. The number of rotatable bonds is 7. The third kappa shape index (κ3) is 5.69. The van der Waals surface area contributed by atoms with Crippen LogP contribution in [-0.2, 0) is 35.8 Å². The first-order chi connectivity index (χ1) is 20.1. The van der Waals surface area contributed by atoms with Crippen molar-refractivity contribution in [1.82, 2.24) is 24.7 Å². The molecule has 1 aliphatic heterocycles. The second-order valence-electron chi connectivity index (χ2n) is 11.8. The van der Waals surface area contributed by atoms with Crippen LogP contribution in [0, 0.1) is 6.92 Å². The van der Waals surface area contributed by atoms with Gasteiger partial charge < -0.3 is 9.47 Å². The molecule has 42 heavy (non-hydrogen) atoms. The molecule has 1 aromatic carbocycles. The second kappa shape index (κ2) is 10.8. The average Bonchev–Trinajstić information content (AvgIpc) is 3.55. The monoisotopic (exact) mass is 569 g/mol. The van der Waals surface area contributed by atoms with Gasteiger partial charge in [-0.3, -0.25) is 15.0 Å². The minimum atomic E-state index is -0.642. The van der Waals surface area contributed by atoms with Crippen molar-refractivity contribution in [3.8, 4) is 0 Å². The molecular formula is C31H35N7O4. The molecule has 0 atom stereocenters. The van der Waals surface area contributed by atoms with Gasteiger partial charge in [0.25, 0.3) is 5.91 Å². The van der Waals surface area contributed by atoms with Crippen molar-refractivity contribution in [2.45, 2.75) is 85.3 Å². The Kier molecular flexibility index (Phi) is 7.14. The molecular weight excluding hydrogens is 534 g/mol. The Morgan fingerprint density at radius 2 is 1.86 bits per heavy atom. The predicted octanol–water partition coefficient (Wildman–Crippen LogP) is 5.65. The van der Waals surface area contributed by atoms with Gasteiger partial charge in [-0.2, -0.15) is 5.10 Å². The lowest BCUT2D eigenvalue weighted by molar-refractivity contribution is 0.0634. The highest BCUT2D eigenvalue weighted by Crippen LogP contribution is 2.38. The number of hydrogen-bond acceptors (Lipinski definition) is 8. The van der Waals surface area contributed by atoms with Gasteiger partial charge in [-0.05, 0) is 64.7 Å². The van der Waals surface area contributed by atoms with Crippen LogP contribution in [0.2, 0.25) is 0 Å². The Labute approximate surface area is 244 Å². The summed E-state index contributed by atoms with van der Waals surface area (Å²) in [6.07, 6.45) is 4.85. The number of carbonyl (C=O) groups is 2. The van der Waals surface area contributed by atoms with Crippen molar-refractivity contribution in [1.29, 1.82) is 0 Å².